The summed E-state index contributed by atoms with van der Waals surface area (Å²) in [4.78, 5) is 27.4. The Morgan fingerprint density at radius 3 is 2.91 bits per heavy atom. The molecule has 3 heterocycles. The van der Waals surface area contributed by atoms with Gasteiger partial charge in [0.2, 0.25) is 18.3 Å². The molecule has 218 valence electrons. The lowest BCUT2D eigenvalue weighted by Crippen LogP contribution is -2.56. The molecule has 3 fully saturated rings. The van der Waals surface area contributed by atoms with Crippen molar-refractivity contribution in [2.75, 3.05) is 51.3 Å². The van der Waals surface area contributed by atoms with Crippen molar-refractivity contribution < 1.29 is 9.53 Å². The van der Waals surface area contributed by atoms with Gasteiger partial charge < -0.3 is 24.3 Å². The standard InChI is InChI=1S/C35H36N6O2/c1-4-32(42)41-14-13-40(20-26(41)19-37-2)34-28-11-10-22(27-9-5-7-23-15-24-16-29(24)33(23)27)17-31(28)38-35(30(34)18-36)43-21-25-8-6-12-39(25)3/h4-5,7,9-11,17,24-26,29H,1,6,8,12-16,19-21H2,3H3/t24?,25-,26-,29?/m0/s1. The number of hydrogen-bond donors (Lipinski definition) is 0. The Morgan fingerprint density at radius 1 is 1.26 bits per heavy atom. The second-order valence-corrected chi connectivity index (χ2v) is 12.4. The van der Waals surface area contributed by atoms with Crippen molar-refractivity contribution in [2.24, 2.45) is 5.92 Å². The third-order valence-electron chi connectivity index (χ3n) is 9.96. The molecule has 1 saturated carbocycles. The summed E-state index contributed by atoms with van der Waals surface area (Å²) < 4.78 is 6.39. The predicted octanol–water partition coefficient (Wildman–Crippen LogP) is 5.03. The van der Waals surface area contributed by atoms with Gasteiger partial charge in [0.15, 0.2) is 0 Å². The van der Waals surface area contributed by atoms with Crippen molar-refractivity contribution in [3.8, 4) is 23.1 Å². The Kier molecular flexibility index (Phi) is 7.03. The summed E-state index contributed by atoms with van der Waals surface area (Å²) in [7, 11) is 2.11. The molecule has 0 radical (unpaired) electrons. The molecule has 0 spiro atoms. The molecule has 1 amide bonds. The number of pyridine rings is 1. The number of likely N-dealkylation sites (tertiary alicyclic amines) is 1. The highest BCUT2D eigenvalue weighted by molar-refractivity contribution is 5.98. The van der Waals surface area contributed by atoms with E-state index in [0.29, 0.717) is 43.6 Å². The van der Waals surface area contributed by atoms with Crippen LogP contribution >= 0.6 is 0 Å². The van der Waals surface area contributed by atoms with Gasteiger partial charge in [0, 0.05) is 31.1 Å². The fraction of sp³-hybridized carbons (Fsp3) is 0.429. The molecule has 2 unspecified atom stereocenters. The van der Waals surface area contributed by atoms with Crippen LogP contribution in [-0.4, -0.2) is 79.2 Å². The zero-order chi connectivity index (χ0) is 29.7. The first kappa shape index (κ1) is 27.4. The van der Waals surface area contributed by atoms with Crippen molar-refractivity contribution in [1.82, 2.24) is 14.8 Å². The molecule has 8 nitrogen and oxygen atoms in total. The second-order valence-electron chi connectivity index (χ2n) is 12.4. The first-order valence-corrected chi connectivity index (χ1v) is 15.3. The summed E-state index contributed by atoms with van der Waals surface area (Å²) in [6.45, 7) is 14.3. The third kappa shape index (κ3) is 4.80. The van der Waals surface area contributed by atoms with Crippen molar-refractivity contribution in [3.63, 3.8) is 0 Å². The van der Waals surface area contributed by atoms with E-state index in [1.165, 1.54) is 35.6 Å². The summed E-state index contributed by atoms with van der Waals surface area (Å²) in [5.74, 6) is 1.65. The Hall–Kier alpha value is -4.40. The van der Waals surface area contributed by atoms with Crippen molar-refractivity contribution >= 4 is 22.5 Å². The van der Waals surface area contributed by atoms with Crippen molar-refractivity contribution in [1.29, 1.82) is 5.26 Å². The third-order valence-corrected chi connectivity index (χ3v) is 9.96. The number of carbonyl (C=O) groups is 1. The maximum atomic E-state index is 12.6. The number of nitriles is 1. The molecule has 43 heavy (non-hydrogen) atoms. The van der Waals surface area contributed by atoms with E-state index in [1.807, 2.05) is 0 Å². The molecule has 2 saturated heterocycles. The van der Waals surface area contributed by atoms with Crippen LogP contribution in [0.3, 0.4) is 0 Å². The minimum Gasteiger partial charge on any atom is -0.475 e. The zero-order valence-corrected chi connectivity index (χ0v) is 24.6. The lowest BCUT2D eigenvalue weighted by atomic mass is 9.93. The summed E-state index contributed by atoms with van der Waals surface area (Å²) in [5.41, 5.74) is 7.34. The van der Waals surface area contributed by atoms with Gasteiger partial charge >= 0.3 is 0 Å². The maximum absolute atomic E-state index is 12.6. The van der Waals surface area contributed by atoms with Gasteiger partial charge in [0.1, 0.15) is 24.3 Å². The van der Waals surface area contributed by atoms with Gasteiger partial charge in [0.25, 0.3) is 0 Å². The highest BCUT2D eigenvalue weighted by atomic mass is 16.5. The van der Waals surface area contributed by atoms with Crippen LogP contribution in [0, 0.1) is 23.8 Å². The van der Waals surface area contributed by atoms with Crippen LogP contribution in [0.5, 0.6) is 5.88 Å². The van der Waals surface area contributed by atoms with Crippen LogP contribution in [0.1, 0.15) is 41.9 Å². The highest BCUT2D eigenvalue weighted by Gasteiger charge is 2.46. The van der Waals surface area contributed by atoms with E-state index < -0.39 is 0 Å². The summed E-state index contributed by atoms with van der Waals surface area (Å²) in [5, 5.41) is 11.4. The van der Waals surface area contributed by atoms with Gasteiger partial charge in [-0.3, -0.25) is 4.79 Å². The van der Waals surface area contributed by atoms with Gasteiger partial charge in [-0.1, -0.05) is 36.9 Å². The normalized spacial score (nSPS) is 24.3. The number of aromatic nitrogens is 1. The van der Waals surface area contributed by atoms with E-state index in [1.54, 1.807) is 4.90 Å². The van der Waals surface area contributed by atoms with E-state index in [-0.39, 0.29) is 24.5 Å². The largest absolute Gasteiger partial charge is 0.475 e. The number of ether oxygens (including phenoxy) is 1. The van der Waals surface area contributed by atoms with E-state index in [4.69, 9.17) is 16.3 Å². The number of nitrogens with zero attached hydrogens (tertiary/aromatic N) is 6. The molecule has 2 aromatic carbocycles. The molecule has 8 heteroatoms. The molecular weight excluding hydrogens is 536 g/mol. The molecule has 7 rings (SSSR count). The SMILES string of the molecule is [C-]#[N+]C[C@H]1CN(c2c(C#N)c(OC[C@@H]3CCCN3C)nc3cc(-c4cccc5c4C4CC4C5)ccc23)CCN1C(=O)C=C. The quantitative estimate of drug-likeness (QED) is 0.292. The van der Waals surface area contributed by atoms with Crippen LogP contribution < -0.4 is 9.64 Å². The van der Waals surface area contributed by atoms with Gasteiger partial charge in [-0.05, 0) is 85.5 Å². The first-order valence-electron chi connectivity index (χ1n) is 15.3. The zero-order valence-electron chi connectivity index (χ0n) is 24.6. The molecule has 4 atom stereocenters. The number of piperazine rings is 1. The number of benzene rings is 2. The predicted molar refractivity (Wildman–Crippen MR) is 167 cm³/mol. The summed E-state index contributed by atoms with van der Waals surface area (Å²) in [6, 6.07) is 15.5. The molecule has 2 aliphatic heterocycles. The number of amides is 1. The van der Waals surface area contributed by atoms with E-state index in [0.717, 1.165) is 47.5 Å². The van der Waals surface area contributed by atoms with E-state index >= 15 is 0 Å². The van der Waals surface area contributed by atoms with Crippen molar-refractivity contribution in [2.45, 2.75) is 43.7 Å². The average Bonchev–Trinajstić information content (AvgIpc) is 3.50. The average molecular weight is 573 g/mol. The van der Waals surface area contributed by atoms with Crippen molar-refractivity contribution in [3.05, 3.63) is 77.2 Å². The number of likely N-dealkylation sites (N-methyl/N-ethyl adjacent to an activating group) is 1. The van der Waals surface area contributed by atoms with Gasteiger partial charge in [-0.2, -0.15) is 5.26 Å². The lowest BCUT2D eigenvalue weighted by Gasteiger charge is -2.40. The Morgan fingerprint density at radius 2 is 2.14 bits per heavy atom. The summed E-state index contributed by atoms with van der Waals surface area (Å²) >= 11 is 0. The Balaban J connectivity index is 1.33. The Labute approximate surface area is 253 Å². The molecule has 2 aliphatic carbocycles. The lowest BCUT2D eigenvalue weighted by molar-refractivity contribution is -0.128. The fourth-order valence-electron chi connectivity index (χ4n) is 7.61. The molecule has 0 N–H and O–H groups in total. The molecule has 0 bridgehead atoms. The molecule has 1 aromatic heterocycles. The van der Waals surface area contributed by atoms with Gasteiger partial charge in [0.05, 0.1) is 11.2 Å². The van der Waals surface area contributed by atoms with Gasteiger partial charge in [-0.25, -0.2) is 11.6 Å². The maximum Gasteiger partial charge on any atom is 0.246 e. The molecule has 3 aromatic rings. The minimum absolute atomic E-state index is 0.170. The minimum atomic E-state index is -0.305. The highest BCUT2D eigenvalue weighted by Crippen LogP contribution is 2.58. The Bertz CT molecular complexity index is 1700. The number of carbonyl (C=O) groups excluding carboxylic acids is 1. The van der Waals surface area contributed by atoms with Gasteiger partial charge in [-0.15, -0.1) is 0 Å². The van der Waals surface area contributed by atoms with Crippen LogP contribution in [0.25, 0.3) is 26.9 Å². The number of hydrogen-bond acceptors (Lipinski definition) is 6. The fourth-order valence-corrected chi connectivity index (χ4v) is 7.61. The number of rotatable bonds is 7. The number of anilines is 1. The van der Waals surface area contributed by atoms with E-state index in [2.05, 4.69) is 70.7 Å². The van der Waals surface area contributed by atoms with Crippen LogP contribution in [0.15, 0.2) is 49.1 Å². The van der Waals surface area contributed by atoms with E-state index in [9.17, 15) is 10.1 Å². The van der Waals surface area contributed by atoms with Crippen LogP contribution in [-0.2, 0) is 11.2 Å². The van der Waals surface area contributed by atoms with Crippen LogP contribution in [0.2, 0.25) is 0 Å². The topological polar surface area (TPSA) is 77.1 Å². The first-order chi connectivity index (χ1) is 21.0. The molecular formula is C35H36N6O2. The number of fused-ring (bicyclic) bond motifs is 4. The monoisotopic (exact) mass is 572 g/mol. The summed E-state index contributed by atoms with van der Waals surface area (Å²) in [6.07, 6.45) is 5.96. The second kappa shape index (κ2) is 11.0. The van der Waals surface area contributed by atoms with Crippen LogP contribution in [0.4, 0.5) is 5.69 Å². The molecule has 4 aliphatic rings. The smallest absolute Gasteiger partial charge is 0.246 e.